The summed E-state index contributed by atoms with van der Waals surface area (Å²) < 4.78 is 26.3. The Morgan fingerprint density at radius 2 is 1.60 bits per heavy atom. The minimum Gasteiger partial charge on any atom is -0.352 e. The standard InChI is InChI=1S/C25H33Cl2N3O4S/c1-17(2)28-25(32)19(4)29(16-20-9-12-21(26)13-10-20)24(31)7-6-14-30(35(5,33)34)23-15-22(27)11-8-18(23)3/h8-13,15,17,19H,6-7,14,16H2,1-5H3,(H,28,32)/t19-/m0/s1. The first-order chi connectivity index (χ1) is 16.3. The highest BCUT2D eigenvalue weighted by Gasteiger charge is 2.27. The first-order valence-corrected chi connectivity index (χ1v) is 14.0. The Labute approximate surface area is 218 Å². The molecule has 0 saturated carbocycles. The fourth-order valence-corrected chi connectivity index (χ4v) is 4.91. The van der Waals surface area contributed by atoms with E-state index in [1.165, 1.54) is 9.21 Å². The van der Waals surface area contributed by atoms with Gasteiger partial charge in [-0.1, -0.05) is 41.4 Å². The van der Waals surface area contributed by atoms with Crippen molar-refractivity contribution >= 4 is 50.7 Å². The number of anilines is 1. The van der Waals surface area contributed by atoms with E-state index in [1.54, 1.807) is 44.2 Å². The quantitative estimate of drug-likeness (QED) is 0.443. The number of rotatable bonds is 11. The van der Waals surface area contributed by atoms with Crippen molar-refractivity contribution in [3.8, 4) is 0 Å². The van der Waals surface area contributed by atoms with Crippen LogP contribution in [0.15, 0.2) is 42.5 Å². The molecule has 1 N–H and O–H groups in total. The summed E-state index contributed by atoms with van der Waals surface area (Å²) in [4.78, 5) is 27.5. The summed E-state index contributed by atoms with van der Waals surface area (Å²) in [6.07, 6.45) is 1.46. The molecule has 0 radical (unpaired) electrons. The summed E-state index contributed by atoms with van der Waals surface area (Å²) in [7, 11) is -3.60. The zero-order valence-corrected chi connectivity index (χ0v) is 23.0. The van der Waals surface area contributed by atoms with Crippen LogP contribution in [0.25, 0.3) is 0 Å². The zero-order chi connectivity index (χ0) is 26.3. The second-order valence-corrected chi connectivity index (χ2v) is 11.6. The number of hydrogen-bond donors (Lipinski definition) is 1. The molecule has 10 heteroatoms. The van der Waals surface area contributed by atoms with Gasteiger partial charge in [-0.2, -0.15) is 0 Å². The zero-order valence-electron chi connectivity index (χ0n) is 20.7. The molecule has 0 aliphatic carbocycles. The third kappa shape index (κ3) is 8.70. The first kappa shape index (κ1) is 28.9. The molecule has 0 aliphatic rings. The average molecular weight is 543 g/mol. The molecule has 0 aliphatic heterocycles. The van der Waals surface area contributed by atoms with Crippen molar-refractivity contribution in [1.82, 2.24) is 10.2 Å². The molecule has 0 fully saturated rings. The first-order valence-electron chi connectivity index (χ1n) is 11.4. The molecule has 2 amide bonds. The minimum absolute atomic E-state index is 0.0679. The van der Waals surface area contributed by atoms with E-state index in [4.69, 9.17) is 23.2 Å². The van der Waals surface area contributed by atoms with Crippen LogP contribution < -0.4 is 9.62 Å². The molecule has 1 atom stereocenters. The van der Waals surface area contributed by atoms with Crippen molar-refractivity contribution in [3.63, 3.8) is 0 Å². The number of nitrogens with zero attached hydrogens (tertiary/aromatic N) is 2. The summed E-state index contributed by atoms with van der Waals surface area (Å²) in [6.45, 7) is 7.53. The van der Waals surface area contributed by atoms with Gasteiger partial charge in [-0.15, -0.1) is 0 Å². The lowest BCUT2D eigenvalue weighted by atomic mass is 10.1. The Bertz CT molecular complexity index is 1140. The van der Waals surface area contributed by atoms with Crippen molar-refractivity contribution in [2.45, 2.75) is 59.2 Å². The van der Waals surface area contributed by atoms with Crippen LogP contribution >= 0.6 is 23.2 Å². The van der Waals surface area contributed by atoms with Gasteiger partial charge >= 0.3 is 0 Å². The van der Waals surface area contributed by atoms with Crippen LogP contribution in [0.4, 0.5) is 5.69 Å². The van der Waals surface area contributed by atoms with Gasteiger partial charge < -0.3 is 10.2 Å². The summed E-state index contributed by atoms with van der Waals surface area (Å²) in [5.41, 5.74) is 2.07. The second kappa shape index (κ2) is 12.6. The highest BCUT2D eigenvalue weighted by Crippen LogP contribution is 2.27. The third-order valence-corrected chi connectivity index (χ3v) is 7.12. The van der Waals surface area contributed by atoms with E-state index in [-0.39, 0.29) is 43.8 Å². The monoisotopic (exact) mass is 541 g/mol. The Morgan fingerprint density at radius 1 is 1.00 bits per heavy atom. The Kier molecular flexibility index (Phi) is 10.4. The van der Waals surface area contributed by atoms with Crippen LogP contribution in [0.5, 0.6) is 0 Å². The van der Waals surface area contributed by atoms with Gasteiger partial charge in [0.2, 0.25) is 21.8 Å². The maximum atomic E-state index is 13.3. The van der Waals surface area contributed by atoms with Gasteiger partial charge in [0.05, 0.1) is 11.9 Å². The summed E-state index contributed by atoms with van der Waals surface area (Å²) in [6, 6.07) is 11.4. The molecule has 2 aromatic carbocycles. The fraction of sp³-hybridized carbons (Fsp3) is 0.440. The van der Waals surface area contributed by atoms with Gasteiger partial charge in [0.1, 0.15) is 6.04 Å². The predicted octanol–water partition coefficient (Wildman–Crippen LogP) is 4.79. The van der Waals surface area contributed by atoms with E-state index in [0.29, 0.717) is 15.7 Å². The SMILES string of the molecule is Cc1ccc(Cl)cc1N(CCCC(=O)N(Cc1ccc(Cl)cc1)[C@@H](C)C(=O)NC(C)C)S(C)(=O)=O. The van der Waals surface area contributed by atoms with Crippen LogP contribution in [0.3, 0.4) is 0 Å². The van der Waals surface area contributed by atoms with Crippen LogP contribution in [0.2, 0.25) is 10.0 Å². The van der Waals surface area contributed by atoms with E-state index in [9.17, 15) is 18.0 Å². The van der Waals surface area contributed by atoms with Gasteiger partial charge in [0.25, 0.3) is 0 Å². The molecule has 0 saturated heterocycles. The Morgan fingerprint density at radius 3 is 2.17 bits per heavy atom. The Hall–Kier alpha value is -2.29. The molecule has 2 rings (SSSR count). The number of benzene rings is 2. The predicted molar refractivity (Wildman–Crippen MR) is 142 cm³/mol. The molecule has 35 heavy (non-hydrogen) atoms. The molecular weight excluding hydrogens is 509 g/mol. The number of nitrogens with one attached hydrogen (secondary N) is 1. The van der Waals surface area contributed by atoms with Gasteiger partial charge in [0, 0.05) is 35.6 Å². The van der Waals surface area contributed by atoms with Gasteiger partial charge in [-0.3, -0.25) is 13.9 Å². The highest BCUT2D eigenvalue weighted by molar-refractivity contribution is 7.92. The number of hydrogen-bond acceptors (Lipinski definition) is 4. The number of carbonyl (C=O) groups is 2. The Balaban J connectivity index is 2.20. The normalized spacial score (nSPS) is 12.3. The third-order valence-electron chi connectivity index (χ3n) is 5.46. The van der Waals surface area contributed by atoms with Gasteiger partial charge in [-0.05, 0) is 69.5 Å². The van der Waals surface area contributed by atoms with Crippen molar-refractivity contribution in [2.75, 3.05) is 17.1 Å². The maximum absolute atomic E-state index is 13.3. The maximum Gasteiger partial charge on any atom is 0.242 e. The molecule has 2 aromatic rings. The molecule has 0 unspecified atom stereocenters. The van der Waals surface area contributed by atoms with E-state index in [2.05, 4.69) is 5.32 Å². The van der Waals surface area contributed by atoms with Gasteiger partial charge in [0.15, 0.2) is 0 Å². The van der Waals surface area contributed by atoms with Crippen LogP contribution in [-0.4, -0.2) is 50.0 Å². The lowest BCUT2D eigenvalue weighted by Crippen LogP contribution is -2.49. The van der Waals surface area contributed by atoms with Crippen LogP contribution in [-0.2, 0) is 26.2 Å². The number of halogens is 2. The molecule has 0 bridgehead atoms. The molecule has 0 heterocycles. The lowest BCUT2D eigenvalue weighted by molar-refractivity contribution is -0.140. The largest absolute Gasteiger partial charge is 0.352 e. The lowest BCUT2D eigenvalue weighted by Gasteiger charge is -2.30. The number of sulfonamides is 1. The average Bonchev–Trinajstić information content (AvgIpc) is 2.76. The minimum atomic E-state index is -3.60. The summed E-state index contributed by atoms with van der Waals surface area (Å²) in [5.74, 6) is -0.503. The van der Waals surface area contributed by atoms with Crippen LogP contribution in [0, 0.1) is 6.92 Å². The van der Waals surface area contributed by atoms with Crippen molar-refractivity contribution < 1.29 is 18.0 Å². The molecule has 0 spiro atoms. The second-order valence-electron chi connectivity index (χ2n) is 8.86. The van der Waals surface area contributed by atoms with Crippen molar-refractivity contribution in [3.05, 3.63) is 63.6 Å². The number of amides is 2. The molecule has 192 valence electrons. The van der Waals surface area contributed by atoms with Crippen molar-refractivity contribution in [2.24, 2.45) is 0 Å². The summed E-state index contributed by atoms with van der Waals surface area (Å²) in [5, 5.41) is 3.85. The molecule has 0 aromatic heterocycles. The van der Waals surface area contributed by atoms with Crippen molar-refractivity contribution in [1.29, 1.82) is 0 Å². The van der Waals surface area contributed by atoms with Gasteiger partial charge in [-0.25, -0.2) is 8.42 Å². The van der Waals surface area contributed by atoms with E-state index in [1.807, 2.05) is 26.0 Å². The smallest absolute Gasteiger partial charge is 0.242 e. The van der Waals surface area contributed by atoms with E-state index < -0.39 is 16.1 Å². The number of carbonyl (C=O) groups excluding carboxylic acids is 2. The molecule has 7 nitrogen and oxygen atoms in total. The molecular formula is C25H33Cl2N3O4S. The topological polar surface area (TPSA) is 86.8 Å². The van der Waals surface area contributed by atoms with Crippen LogP contribution in [0.1, 0.15) is 44.7 Å². The van der Waals surface area contributed by atoms with E-state index in [0.717, 1.165) is 17.4 Å². The fourth-order valence-electron chi connectivity index (χ4n) is 3.61. The summed E-state index contributed by atoms with van der Waals surface area (Å²) >= 11 is 12.1. The highest BCUT2D eigenvalue weighted by atomic mass is 35.5. The number of aryl methyl sites for hydroxylation is 1. The van der Waals surface area contributed by atoms with E-state index >= 15 is 0 Å².